The molecule has 8 nitrogen and oxygen atoms in total. The van der Waals surface area contributed by atoms with Gasteiger partial charge < -0.3 is 24.4 Å². The lowest BCUT2D eigenvalue weighted by atomic mass is 9.97. The first-order chi connectivity index (χ1) is 16.2. The van der Waals surface area contributed by atoms with Crippen molar-refractivity contribution in [3.63, 3.8) is 0 Å². The van der Waals surface area contributed by atoms with Crippen LogP contribution in [-0.4, -0.2) is 54.6 Å². The number of nitrogens with zero attached hydrogens (tertiary/aromatic N) is 2. The van der Waals surface area contributed by atoms with Crippen LogP contribution in [-0.2, 0) is 9.59 Å². The second kappa shape index (κ2) is 9.66. The molecule has 0 saturated carbocycles. The van der Waals surface area contributed by atoms with Crippen molar-refractivity contribution in [3.05, 3.63) is 42.5 Å². The van der Waals surface area contributed by atoms with Crippen molar-refractivity contribution in [1.29, 1.82) is 0 Å². The molecule has 0 spiro atoms. The molecule has 1 aromatic heterocycles. The number of ether oxygens (including phenoxy) is 3. The van der Waals surface area contributed by atoms with Crippen molar-refractivity contribution in [3.8, 4) is 17.2 Å². The number of amides is 2. The second-order valence-corrected chi connectivity index (χ2v) is 9.09. The number of likely N-dealkylation sites (tertiary alicyclic amines) is 1. The second-order valence-electron chi connectivity index (χ2n) is 8.06. The minimum Gasteiger partial charge on any atom is -0.493 e. The molecule has 2 aromatic carbocycles. The molecule has 1 N–H and O–H groups in total. The lowest BCUT2D eigenvalue weighted by Crippen LogP contribution is -2.44. The third-order valence-corrected chi connectivity index (χ3v) is 6.69. The van der Waals surface area contributed by atoms with E-state index in [0.29, 0.717) is 49.5 Å². The van der Waals surface area contributed by atoms with Crippen LogP contribution in [0.4, 0.5) is 5.13 Å². The molecule has 0 bridgehead atoms. The first kappa shape index (κ1) is 21.5. The van der Waals surface area contributed by atoms with E-state index in [1.165, 1.54) is 11.3 Å². The summed E-state index contributed by atoms with van der Waals surface area (Å²) in [7, 11) is 0. The van der Waals surface area contributed by atoms with E-state index in [2.05, 4.69) is 10.3 Å². The number of hydrogen-bond acceptors (Lipinski definition) is 7. The van der Waals surface area contributed by atoms with Crippen LogP contribution in [0, 0.1) is 5.92 Å². The van der Waals surface area contributed by atoms with Gasteiger partial charge in [-0.1, -0.05) is 29.5 Å². The third-order valence-electron chi connectivity index (χ3n) is 5.76. The average Bonchev–Trinajstić information content (AvgIpc) is 3.24. The predicted molar refractivity (Wildman–Crippen MR) is 125 cm³/mol. The van der Waals surface area contributed by atoms with Crippen molar-refractivity contribution in [2.45, 2.75) is 19.3 Å². The van der Waals surface area contributed by atoms with E-state index in [-0.39, 0.29) is 24.2 Å². The van der Waals surface area contributed by atoms with Crippen molar-refractivity contribution in [1.82, 2.24) is 9.88 Å². The Balaban J connectivity index is 1.16. The molecule has 33 heavy (non-hydrogen) atoms. The SMILES string of the molecule is O=C(Nc1nc2cc3c(cc2s1)OCCO3)C1CCCN(C(=O)CCOc2ccccc2)C1. The molecule has 172 valence electrons. The zero-order valence-corrected chi connectivity index (χ0v) is 18.9. The molecule has 2 amide bonds. The fourth-order valence-corrected chi connectivity index (χ4v) is 4.95. The van der Waals surface area contributed by atoms with Crippen LogP contribution in [0.2, 0.25) is 0 Å². The largest absolute Gasteiger partial charge is 0.493 e. The van der Waals surface area contributed by atoms with E-state index in [0.717, 1.165) is 28.8 Å². The number of hydrogen-bond donors (Lipinski definition) is 1. The number of benzene rings is 2. The van der Waals surface area contributed by atoms with E-state index in [1.54, 1.807) is 4.90 Å². The summed E-state index contributed by atoms with van der Waals surface area (Å²) in [6.45, 7) is 2.44. The quantitative estimate of drug-likeness (QED) is 0.594. The highest BCUT2D eigenvalue weighted by atomic mass is 32.1. The Morgan fingerprint density at radius 1 is 1.15 bits per heavy atom. The van der Waals surface area contributed by atoms with Crippen LogP contribution in [0.3, 0.4) is 0 Å². The Morgan fingerprint density at radius 3 is 2.76 bits per heavy atom. The van der Waals surface area contributed by atoms with Gasteiger partial charge in [0.15, 0.2) is 16.6 Å². The maximum absolute atomic E-state index is 12.9. The predicted octanol–water partition coefficient (Wildman–Crippen LogP) is 3.71. The number of thiazole rings is 1. The molecule has 1 unspecified atom stereocenters. The van der Waals surface area contributed by atoms with Crippen LogP contribution >= 0.6 is 11.3 Å². The van der Waals surface area contributed by atoms with E-state index in [4.69, 9.17) is 14.2 Å². The van der Waals surface area contributed by atoms with Gasteiger partial charge in [0, 0.05) is 25.2 Å². The summed E-state index contributed by atoms with van der Waals surface area (Å²) in [4.78, 5) is 31.8. The summed E-state index contributed by atoms with van der Waals surface area (Å²) in [5.41, 5.74) is 0.762. The molecule has 1 atom stereocenters. The molecule has 2 aliphatic rings. The molecule has 0 aliphatic carbocycles. The molecule has 1 saturated heterocycles. The number of carbonyl (C=O) groups is 2. The maximum Gasteiger partial charge on any atom is 0.231 e. The number of rotatable bonds is 6. The van der Waals surface area contributed by atoms with Crippen molar-refractivity contribution in [2.24, 2.45) is 5.92 Å². The topological polar surface area (TPSA) is 90.0 Å². The molecule has 3 heterocycles. The van der Waals surface area contributed by atoms with Gasteiger partial charge in [0.25, 0.3) is 0 Å². The number of fused-ring (bicyclic) bond motifs is 2. The lowest BCUT2D eigenvalue weighted by molar-refractivity contribution is -0.135. The lowest BCUT2D eigenvalue weighted by Gasteiger charge is -2.32. The van der Waals surface area contributed by atoms with E-state index >= 15 is 0 Å². The third kappa shape index (κ3) is 5.03. The molecule has 0 radical (unpaired) electrons. The summed E-state index contributed by atoms with van der Waals surface area (Å²) in [5.74, 6) is 1.77. The molecule has 5 rings (SSSR count). The van der Waals surface area contributed by atoms with E-state index in [9.17, 15) is 9.59 Å². The molecule has 3 aromatic rings. The minimum absolute atomic E-state index is 0.00833. The van der Waals surface area contributed by atoms with Crippen LogP contribution in [0.25, 0.3) is 10.2 Å². The van der Waals surface area contributed by atoms with Crippen LogP contribution in [0.5, 0.6) is 17.2 Å². The van der Waals surface area contributed by atoms with Crippen LogP contribution < -0.4 is 19.5 Å². The van der Waals surface area contributed by atoms with Crippen LogP contribution in [0.15, 0.2) is 42.5 Å². The summed E-state index contributed by atoms with van der Waals surface area (Å²) < 4.78 is 17.8. The Kier molecular flexibility index (Phi) is 6.30. The first-order valence-electron chi connectivity index (χ1n) is 11.1. The van der Waals surface area contributed by atoms with E-state index < -0.39 is 0 Å². The van der Waals surface area contributed by atoms with Gasteiger partial charge in [-0.3, -0.25) is 9.59 Å². The zero-order chi connectivity index (χ0) is 22.6. The van der Waals surface area contributed by atoms with Gasteiger partial charge in [-0.05, 0) is 25.0 Å². The van der Waals surface area contributed by atoms with E-state index in [1.807, 2.05) is 42.5 Å². The highest BCUT2D eigenvalue weighted by Crippen LogP contribution is 2.38. The molecule has 1 fully saturated rings. The summed E-state index contributed by atoms with van der Waals surface area (Å²) >= 11 is 1.40. The van der Waals surface area contributed by atoms with Gasteiger partial charge in [-0.15, -0.1) is 0 Å². The van der Waals surface area contributed by atoms with Crippen molar-refractivity contribution < 1.29 is 23.8 Å². The summed E-state index contributed by atoms with van der Waals surface area (Å²) in [6, 6.07) is 13.2. The molecular weight excluding hydrogens is 442 g/mol. The fourth-order valence-electron chi connectivity index (χ4n) is 4.07. The molecule has 9 heteroatoms. The Labute approximate surface area is 195 Å². The smallest absolute Gasteiger partial charge is 0.231 e. The van der Waals surface area contributed by atoms with Crippen molar-refractivity contribution in [2.75, 3.05) is 38.2 Å². The monoisotopic (exact) mass is 467 g/mol. The van der Waals surface area contributed by atoms with Gasteiger partial charge in [0.2, 0.25) is 11.8 Å². The zero-order valence-electron chi connectivity index (χ0n) is 18.1. The van der Waals surface area contributed by atoms with Gasteiger partial charge in [0.05, 0.1) is 29.2 Å². The van der Waals surface area contributed by atoms with Gasteiger partial charge >= 0.3 is 0 Å². The number of nitrogens with one attached hydrogen (secondary N) is 1. The number of aromatic nitrogens is 1. The molecular formula is C24H25N3O5S. The highest BCUT2D eigenvalue weighted by Gasteiger charge is 2.29. The Bertz CT molecular complexity index is 1110. The fraction of sp³-hybridized carbons (Fsp3) is 0.375. The van der Waals surface area contributed by atoms with Gasteiger partial charge in [-0.2, -0.15) is 0 Å². The number of para-hydroxylation sites is 1. The van der Waals surface area contributed by atoms with Crippen LogP contribution in [0.1, 0.15) is 19.3 Å². The molecule has 2 aliphatic heterocycles. The minimum atomic E-state index is -0.260. The Morgan fingerprint density at radius 2 is 1.94 bits per heavy atom. The number of carbonyl (C=O) groups excluding carboxylic acids is 2. The first-order valence-corrected chi connectivity index (χ1v) is 11.9. The Hall–Kier alpha value is -3.33. The maximum atomic E-state index is 12.9. The highest BCUT2D eigenvalue weighted by molar-refractivity contribution is 7.22. The van der Waals surface area contributed by atoms with Crippen molar-refractivity contribution >= 4 is 38.5 Å². The standard InChI is InChI=1S/C24H25N3O5S/c28-22(8-10-30-17-6-2-1-3-7-17)27-9-4-5-16(15-27)23(29)26-24-25-18-13-19-20(14-21(18)33-24)32-12-11-31-19/h1-3,6-7,13-14,16H,4-5,8-12,15H2,(H,25,26,29). The normalized spacial score (nSPS) is 17.6. The summed E-state index contributed by atoms with van der Waals surface area (Å²) in [5, 5.41) is 3.48. The average molecular weight is 468 g/mol. The number of piperidine rings is 1. The van der Waals surface area contributed by atoms with Gasteiger partial charge in [0.1, 0.15) is 19.0 Å². The summed E-state index contributed by atoms with van der Waals surface area (Å²) in [6.07, 6.45) is 1.83. The number of anilines is 1. The van der Waals surface area contributed by atoms with Gasteiger partial charge in [-0.25, -0.2) is 4.98 Å².